The van der Waals surface area contributed by atoms with Crippen molar-refractivity contribution < 1.29 is 4.79 Å². The molecule has 0 saturated heterocycles. The minimum Gasteiger partial charge on any atom is -0.341 e. The highest BCUT2D eigenvalue weighted by atomic mass is 16.2. The third kappa shape index (κ3) is 4.07. The lowest BCUT2D eigenvalue weighted by molar-refractivity contribution is 0.0760. The summed E-state index contributed by atoms with van der Waals surface area (Å²) in [5, 5.41) is 0. The Bertz CT molecular complexity index is 421. The van der Waals surface area contributed by atoms with Crippen LogP contribution in [0.1, 0.15) is 48.0 Å². The van der Waals surface area contributed by atoms with Crippen molar-refractivity contribution >= 4 is 5.91 Å². The van der Waals surface area contributed by atoms with Crippen LogP contribution in [0.15, 0.2) is 24.3 Å². The lowest BCUT2D eigenvalue weighted by Gasteiger charge is -2.27. The Hall–Kier alpha value is -1.35. The van der Waals surface area contributed by atoms with Gasteiger partial charge in [0.25, 0.3) is 5.91 Å². The molecule has 0 bridgehead atoms. The third-order valence-electron chi connectivity index (χ3n) is 4.24. The number of rotatable bonds is 5. The summed E-state index contributed by atoms with van der Waals surface area (Å²) in [6, 6.07) is 7.86. The Morgan fingerprint density at radius 2 is 1.85 bits per heavy atom. The summed E-state index contributed by atoms with van der Waals surface area (Å²) in [4.78, 5) is 14.3. The van der Waals surface area contributed by atoms with Crippen LogP contribution in [0.4, 0.5) is 0 Å². The SMILES string of the molecule is CN(CC1CCCCC1)C(=O)c1ccc(CCN)cc1. The molecular weight excluding hydrogens is 248 g/mol. The topological polar surface area (TPSA) is 46.3 Å². The number of nitrogens with zero attached hydrogens (tertiary/aromatic N) is 1. The highest BCUT2D eigenvalue weighted by molar-refractivity contribution is 5.94. The second-order valence-electron chi connectivity index (χ2n) is 5.93. The summed E-state index contributed by atoms with van der Waals surface area (Å²) in [6.45, 7) is 1.54. The van der Waals surface area contributed by atoms with Gasteiger partial charge in [-0.2, -0.15) is 0 Å². The molecule has 3 nitrogen and oxygen atoms in total. The maximum Gasteiger partial charge on any atom is 0.253 e. The number of hydrogen-bond acceptors (Lipinski definition) is 2. The van der Waals surface area contributed by atoms with E-state index in [9.17, 15) is 4.79 Å². The quantitative estimate of drug-likeness (QED) is 0.897. The largest absolute Gasteiger partial charge is 0.341 e. The number of carbonyl (C=O) groups is 1. The first-order chi connectivity index (χ1) is 9.70. The Labute approximate surface area is 122 Å². The van der Waals surface area contributed by atoms with Crippen molar-refractivity contribution in [1.29, 1.82) is 0 Å². The summed E-state index contributed by atoms with van der Waals surface area (Å²) in [6.07, 6.45) is 7.41. The predicted molar refractivity (Wildman–Crippen MR) is 82.7 cm³/mol. The smallest absolute Gasteiger partial charge is 0.253 e. The van der Waals surface area contributed by atoms with Crippen LogP contribution in [0.25, 0.3) is 0 Å². The molecule has 1 fully saturated rings. The fraction of sp³-hybridized carbons (Fsp3) is 0.588. The van der Waals surface area contributed by atoms with E-state index >= 15 is 0 Å². The Morgan fingerprint density at radius 3 is 2.45 bits per heavy atom. The van der Waals surface area contributed by atoms with Crippen molar-refractivity contribution in [3.63, 3.8) is 0 Å². The van der Waals surface area contributed by atoms with Crippen LogP contribution in [0.5, 0.6) is 0 Å². The molecule has 0 aromatic heterocycles. The van der Waals surface area contributed by atoms with E-state index in [4.69, 9.17) is 5.73 Å². The van der Waals surface area contributed by atoms with Gasteiger partial charge in [-0.3, -0.25) is 4.79 Å². The molecule has 1 aliphatic carbocycles. The van der Waals surface area contributed by atoms with E-state index in [2.05, 4.69) is 0 Å². The zero-order valence-corrected chi connectivity index (χ0v) is 12.5. The first-order valence-corrected chi connectivity index (χ1v) is 7.75. The van der Waals surface area contributed by atoms with Gasteiger partial charge in [0.2, 0.25) is 0 Å². The highest BCUT2D eigenvalue weighted by Crippen LogP contribution is 2.24. The van der Waals surface area contributed by atoms with Crippen LogP contribution in [0.2, 0.25) is 0 Å². The van der Waals surface area contributed by atoms with Gasteiger partial charge in [-0.25, -0.2) is 0 Å². The number of nitrogens with two attached hydrogens (primary N) is 1. The summed E-state index contributed by atoms with van der Waals surface area (Å²) < 4.78 is 0. The van der Waals surface area contributed by atoms with E-state index in [-0.39, 0.29) is 5.91 Å². The van der Waals surface area contributed by atoms with E-state index in [0.29, 0.717) is 12.5 Å². The number of benzene rings is 1. The average Bonchev–Trinajstić information content (AvgIpc) is 2.48. The lowest BCUT2D eigenvalue weighted by Crippen LogP contribution is -2.32. The fourth-order valence-electron chi connectivity index (χ4n) is 3.04. The number of hydrogen-bond donors (Lipinski definition) is 1. The predicted octanol–water partition coefficient (Wildman–Crippen LogP) is 2.84. The van der Waals surface area contributed by atoms with Crippen molar-refractivity contribution in [1.82, 2.24) is 4.90 Å². The lowest BCUT2D eigenvalue weighted by atomic mass is 9.89. The van der Waals surface area contributed by atoms with Crippen molar-refractivity contribution in [3.8, 4) is 0 Å². The van der Waals surface area contributed by atoms with Gasteiger partial charge in [0, 0.05) is 19.2 Å². The van der Waals surface area contributed by atoms with E-state index in [1.807, 2.05) is 36.2 Å². The molecule has 110 valence electrons. The molecule has 2 N–H and O–H groups in total. The second-order valence-corrected chi connectivity index (χ2v) is 5.93. The molecule has 0 radical (unpaired) electrons. The number of carbonyl (C=O) groups excluding carboxylic acids is 1. The first kappa shape index (κ1) is 15.0. The Kier molecular flexibility index (Phi) is 5.60. The molecule has 0 unspecified atom stereocenters. The monoisotopic (exact) mass is 274 g/mol. The molecule has 1 amide bonds. The molecule has 20 heavy (non-hydrogen) atoms. The molecule has 1 aromatic carbocycles. The van der Waals surface area contributed by atoms with Gasteiger partial charge in [0.05, 0.1) is 0 Å². The normalized spacial score (nSPS) is 16.1. The first-order valence-electron chi connectivity index (χ1n) is 7.75. The van der Waals surface area contributed by atoms with Gasteiger partial charge < -0.3 is 10.6 Å². The Morgan fingerprint density at radius 1 is 1.20 bits per heavy atom. The van der Waals surface area contributed by atoms with Crippen LogP contribution in [-0.2, 0) is 6.42 Å². The van der Waals surface area contributed by atoms with Crippen LogP contribution in [0, 0.1) is 5.92 Å². The molecular formula is C17H26N2O. The Balaban J connectivity index is 1.91. The third-order valence-corrected chi connectivity index (χ3v) is 4.24. The van der Waals surface area contributed by atoms with Gasteiger partial charge in [0.1, 0.15) is 0 Å². The molecule has 0 aliphatic heterocycles. The standard InChI is InChI=1S/C17H26N2O/c1-19(13-15-5-3-2-4-6-15)17(20)16-9-7-14(8-10-16)11-12-18/h7-10,15H,2-6,11-13,18H2,1H3. The van der Waals surface area contributed by atoms with Crippen LogP contribution < -0.4 is 5.73 Å². The van der Waals surface area contributed by atoms with Crippen LogP contribution >= 0.6 is 0 Å². The van der Waals surface area contributed by atoms with Crippen molar-refractivity contribution in [2.24, 2.45) is 11.7 Å². The second kappa shape index (κ2) is 7.44. The maximum absolute atomic E-state index is 12.4. The van der Waals surface area contributed by atoms with E-state index in [0.717, 1.165) is 18.5 Å². The molecule has 1 aromatic rings. The molecule has 1 saturated carbocycles. The average molecular weight is 274 g/mol. The van der Waals surface area contributed by atoms with Crippen LogP contribution in [0.3, 0.4) is 0 Å². The fourth-order valence-corrected chi connectivity index (χ4v) is 3.04. The molecule has 3 heteroatoms. The molecule has 2 rings (SSSR count). The summed E-state index contributed by atoms with van der Waals surface area (Å²) in [5.74, 6) is 0.823. The molecule has 0 atom stereocenters. The molecule has 1 aliphatic rings. The summed E-state index contributed by atoms with van der Waals surface area (Å²) in [7, 11) is 1.92. The van der Waals surface area contributed by atoms with Crippen molar-refractivity contribution in [2.45, 2.75) is 38.5 Å². The maximum atomic E-state index is 12.4. The zero-order chi connectivity index (χ0) is 14.4. The van der Waals surface area contributed by atoms with Crippen LogP contribution in [-0.4, -0.2) is 30.9 Å². The summed E-state index contributed by atoms with van der Waals surface area (Å²) in [5.41, 5.74) is 7.51. The zero-order valence-electron chi connectivity index (χ0n) is 12.5. The highest BCUT2D eigenvalue weighted by Gasteiger charge is 2.19. The van der Waals surface area contributed by atoms with Gasteiger partial charge >= 0.3 is 0 Å². The van der Waals surface area contributed by atoms with E-state index in [1.54, 1.807) is 0 Å². The van der Waals surface area contributed by atoms with Gasteiger partial charge in [-0.1, -0.05) is 31.4 Å². The van der Waals surface area contributed by atoms with Gasteiger partial charge in [-0.15, -0.1) is 0 Å². The number of amides is 1. The van der Waals surface area contributed by atoms with Gasteiger partial charge in [-0.05, 0) is 49.4 Å². The molecule has 0 spiro atoms. The summed E-state index contributed by atoms with van der Waals surface area (Å²) >= 11 is 0. The van der Waals surface area contributed by atoms with Crippen molar-refractivity contribution in [2.75, 3.05) is 20.1 Å². The minimum absolute atomic E-state index is 0.134. The minimum atomic E-state index is 0.134. The van der Waals surface area contributed by atoms with E-state index in [1.165, 1.54) is 37.7 Å². The van der Waals surface area contributed by atoms with Gasteiger partial charge in [0.15, 0.2) is 0 Å². The van der Waals surface area contributed by atoms with Crippen molar-refractivity contribution in [3.05, 3.63) is 35.4 Å². The van der Waals surface area contributed by atoms with E-state index < -0.39 is 0 Å². The molecule has 0 heterocycles.